The van der Waals surface area contributed by atoms with Gasteiger partial charge in [-0.05, 0) is 69.2 Å². The second kappa shape index (κ2) is 12.0. The van der Waals surface area contributed by atoms with Crippen LogP contribution in [0.5, 0.6) is 5.75 Å². The molecule has 0 saturated carbocycles. The van der Waals surface area contributed by atoms with Crippen molar-refractivity contribution < 1.29 is 27.1 Å². The molecule has 0 aromatic heterocycles. The molecule has 0 aliphatic carbocycles. The van der Waals surface area contributed by atoms with Crippen molar-refractivity contribution in [3.63, 3.8) is 0 Å². The van der Waals surface area contributed by atoms with Gasteiger partial charge in [-0.25, -0.2) is 17.6 Å². The third kappa shape index (κ3) is 7.15. The number of carbonyl (C=O) groups is 1. The highest BCUT2D eigenvalue weighted by Gasteiger charge is 2.38. The van der Waals surface area contributed by atoms with E-state index in [2.05, 4.69) is 6.92 Å². The molecule has 3 rings (SSSR count). The van der Waals surface area contributed by atoms with Crippen LogP contribution >= 0.6 is 11.8 Å². The molecule has 2 aromatic rings. The van der Waals surface area contributed by atoms with E-state index in [0.717, 1.165) is 29.7 Å². The van der Waals surface area contributed by atoms with Crippen LogP contribution in [0.2, 0.25) is 0 Å². The van der Waals surface area contributed by atoms with Crippen molar-refractivity contribution in [3.05, 3.63) is 65.7 Å². The summed E-state index contributed by atoms with van der Waals surface area (Å²) in [5.74, 6) is -0.812. The second-order valence-electron chi connectivity index (χ2n) is 10.2. The molecule has 0 radical (unpaired) electrons. The summed E-state index contributed by atoms with van der Waals surface area (Å²) in [6.45, 7) is 7.39. The molecule has 202 valence electrons. The van der Waals surface area contributed by atoms with Gasteiger partial charge in [0.05, 0.1) is 22.1 Å². The maximum atomic E-state index is 13.8. The molecule has 6 nitrogen and oxygen atoms in total. The summed E-state index contributed by atoms with van der Waals surface area (Å²) in [7, 11) is -2.22. The van der Waals surface area contributed by atoms with Crippen molar-refractivity contribution in [2.45, 2.75) is 80.7 Å². The molecule has 9 heteroatoms. The average Bonchev–Trinajstić information content (AvgIpc) is 2.90. The summed E-state index contributed by atoms with van der Waals surface area (Å²) < 4.78 is 53.9. The second-order valence-corrected chi connectivity index (χ2v) is 13.0. The maximum absolute atomic E-state index is 13.8. The van der Waals surface area contributed by atoms with Crippen molar-refractivity contribution >= 4 is 27.8 Å². The van der Waals surface area contributed by atoms with Crippen LogP contribution in [-0.4, -0.2) is 43.6 Å². The lowest BCUT2D eigenvalue weighted by atomic mass is 9.84. The zero-order chi connectivity index (χ0) is 27.4. The van der Waals surface area contributed by atoms with Crippen LogP contribution in [0.25, 0.3) is 0 Å². The third-order valence-electron chi connectivity index (χ3n) is 6.32. The number of ether oxygens (including phenoxy) is 2. The van der Waals surface area contributed by atoms with Crippen LogP contribution in [0.4, 0.5) is 4.39 Å². The summed E-state index contributed by atoms with van der Waals surface area (Å²) in [6, 6.07) is 9.45. The number of hydrogen-bond acceptors (Lipinski definition) is 6. The lowest BCUT2D eigenvalue weighted by Crippen LogP contribution is -2.36. The van der Waals surface area contributed by atoms with Gasteiger partial charge in [0.15, 0.2) is 0 Å². The number of halogens is 1. The Kier molecular flexibility index (Phi) is 9.47. The number of thioether (sulfide) groups is 1. The van der Waals surface area contributed by atoms with E-state index >= 15 is 0 Å². The zero-order valence-electron chi connectivity index (χ0n) is 22.3. The minimum atomic E-state index is -3.84. The summed E-state index contributed by atoms with van der Waals surface area (Å²) in [5, 5.41) is 0. The predicted molar refractivity (Wildman–Crippen MR) is 145 cm³/mol. The van der Waals surface area contributed by atoms with Crippen LogP contribution < -0.4 is 4.74 Å². The van der Waals surface area contributed by atoms with E-state index in [1.54, 1.807) is 40.0 Å². The average molecular weight is 550 g/mol. The normalized spacial score (nSPS) is 19.9. The number of carbonyl (C=O) groups excluding carboxylic acids is 1. The maximum Gasteiger partial charge on any atom is 0.334 e. The summed E-state index contributed by atoms with van der Waals surface area (Å²) >= 11 is 1.42. The fourth-order valence-electron chi connectivity index (χ4n) is 4.45. The molecule has 0 amide bonds. The Morgan fingerprint density at radius 3 is 2.49 bits per heavy atom. The predicted octanol–water partition coefficient (Wildman–Crippen LogP) is 6.50. The number of nitrogens with zero attached hydrogens (tertiary/aromatic N) is 1. The van der Waals surface area contributed by atoms with Gasteiger partial charge in [0.1, 0.15) is 17.2 Å². The quantitative estimate of drug-likeness (QED) is 0.162. The summed E-state index contributed by atoms with van der Waals surface area (Å²) in [6.07, 6.45) is 7.43. The molecule has 1 heterocycles. The number of esters is 1. The molecule has 0 fully saturated rings. The number of fused-ring (bicyclic) bond motifs is 1. The Bertz CT molecular complexity index is 1240. The lowest BCUT2D eigenvalue weighted by molar-refractivity contribution is -0.148. The van der Waals surface area contributed by atoms with Gasteiger partial charge in [-0.1, -0.05) is 31.9 Å². The van der Waals surface area contributed by atoms with E-state index in [1.807, 2.05) is 12.3 Å². The fraction of sp³-hybridized carbons (Fsp3) is 0.464. The van der Waals surface area contributed by atoms with Crippen molar-refractivity contribution in [1.82, 2.24) is 4.31 Å². The number of rotatable bonds is 8. The molecule has 2 atom stereocenters. The van der Waals surface area contributed by atoms with Crippen LogP contribution in [0.1, 0.15) is 70.4 Å². The molecule has 37 heavy (non-hydrogen) atoms. The Hall–Kier alpha value is -2.36. The van der Waals surface area contributed by atoms with Crippen LogP contribution in [-0.2, 0) is 19.6 Å². The molecule has 2 unspecified atom stereocenters. The highest BCUT2D eigenvalue weighted by molar-refractivity contribution is 7.98. The topological polar surface area (TPSA) is 72.9 Å². The zero-order valence-corrected chi connectivity index (χ0v) is 23.9. The molecule has 2 aromatic carbocycles. The number of unbranched alkanes of at least 4 members (excludes halogenated alkanes) is 1. The van der Waals surface area contributed by atoms with Crippen LogP contribution in [0.3, 0.4) is 0 Å². The third-order valence-corrected chi connectivity index (χ3v) is 9.04. The van der Waals surface area contributed by atoms with Crippen molar-refractivity contribution in [3.8, 4) is 5.75 Å². The van der Waals surface area contributed by atoms with Crippen LogP contribution in [0.15, 0.2) is 58.5 Å². The first-order valence-electron chi connectivity index (χ1n) is 12.4. The Labute approximate surface area is 224 Å². The van der Waals surface area contributed by atoms with Gasteiger partial charge in [0.25, 0.3) is 0 Å². The molecule has 1 aliphatic rings. The Balaban J connectivity index is 2.10. The van der Waals surface area contributed by atoms with E-state index in [0.29, 0.717) is 17.7 Å². The molecule has 0 saturated heterocycles. The first-order valence-corrected chi connectivity index (χ1v) is 15.1. The van der Waals surface area contributed by atoms with E-state index in [4.69, 9.17) is 9.47 Å². The SMILES string of the molecule is CCCCC1CC(c2ccc(F)cc2)c2cc(SC)c(O/C=C/C(=O)OC(C)(C)C)cc2S(=O)(=O)N1C. The highest BCUT2D eigenvalue weighted by atomic mass is 32.2. The van der Waals surface area contributed by atoms with Gasteiger partial charge >= 0.3 is 5.97 Å². The van der Waals surface area contributed by atoms with E-state index in [1.165, 1.54) is 46.6 Å². The minimum absolute atomic E-state index is 0.154. The van der Waals surface area contributed by atoms with Gasteiger partial charge in [-0.2, -0.15) is 4.31 Å². The van der Waals surface area contributed by atoms with Crippen molar-refractivity contribution in [2.24, 2.45) is 0 Å². The summed E-state index contributed by atoms with van der Waals surface area (Å²) in [5.41, 5.74) is 0.878. The first-order chi connectivity index (χ1) is 17.4. The molecule has 1 aliphatic heterocycles. The monoisotopic (exact) mass is 549 g/mol. The lowest BCUT2D eigenvalue weighted by Gasteiger charge is -2.26. The largest absolute Gasteiger partial charge is 0.464 e. The molecular formula is C28H36FNO5S2. The van der Waals surface area contributed by atoms with Gasteiger partial charge in [-0.15, -0.1) is 11.8 Å². The van der Waals surface area contributed by atoms with Crippen molar-refractivity contribution in [1.29, 1.82) is 0 Å². The Morgan fingerprint density at radius 2 is 1.89 bits per heavy atom. The molecule has 0 N–H and O–H groups in total. The molecular weight excluding hydrogens is 513 g/mol. The summed E-state index contributed by atoms with van der Waals surface area (Å²) in [4.78, 5) is 12.9. The van der Waals surface area contributed by atoms with Gasteiger partial charge < -0.3 is 9.47 Å². The number of benzene rings is 2. The van der Waals surface area contributed by atoms with Gasteiger partial charge in [0.2, 0.25) is 10.0 Å². The van der Waals surface area contributed by atoms with E-state index in [-0.39, 0.29) is 22.7 Å². The van der Waals surface area contributed by atoms with E-state index in [9.17, 15) is 17.6 Å². The van der Waals surface area contributed by atoms with Crippen molar-refractivity contribution in [2.75, 3.05) is 13.3 Å². The first kappa shape index (κ1) is 29.2. The van der Waals surface area contributed by atoms with E-state index < -0.39 is 21.6 Å². The smallest absolute Gasteiger partial charge is 0.334 e. The van der Waals surface area contributed by atoms with Gasteiger partial charge in [-0.3, -0.25) is 0 Å². The minimum Gasteiger partial charge on any atom is -0.464 e. The van der Waals surface area contributed by atoms with Gasteiger partial charge in [0, 0.05) is 25.1 Å². The number of hydrogen-bond donors (Lipinski definition) is 0. The van der Waals surface area contributed by atoms with Crippen LogP contribution in [0, 0.1) is 5.82 Å². The molecule has 0 spiro atoms. The standard InChI is InChI=1S/C28H36FNO5S2/c1-7-8-9-21-16-22(19-10-12-20(29)13-11-19)23-17-25(36-6)24(18-26(23)37(32,33)30(21)5)34-15-14-27(31)35-28(2,3)4/h10-15,17-18,21-22H,7-9,16H2,1-6H3/b15-14+. The fourth-order valence-corrected chi connectivity index (χ4v) is 6.65. The Morgan fingerprint density at radius 1 is 1.22 bits per heavy atom. The number of sulfonamides is 1. The highest BCUT2D eigenvalue weighted by Crippen LogP contribution is 2.44. The molecule has 0 bridgehead atoms.